The Labute approximate surface area is 130 Å². The minimum absolute atomic E-state index is 0.0182. The van der Waals surface area contributed by atoms with E-state index in [0.717, 1.165) is 45.4 Å². The second-order valence-corrected chi connectivity index (χ2v) is 7.13. The summed E-state index contributed by atoms with van der Waals surface area (Å²) in [5, 5.41) is 3.15. The summed E-state index contributed by atoms with van der Waals surface area (Å²) in [7, 11) is 0. The average molecular weight is 297 g/mol. The largest absolute Gasteiger partial charge is 0.355 e. The van der Waals surface area contributed by atoms with Gasteiger partial charge in [-0.15, -0.1) is 0 Å². The summed E-state index contributed by atoms with van der Waals surface area (Å²) in [5.74, 6) is 0.689. The van der Waals surface area contributed by atoms with Crippen LogP contribution in [0.3, 0.4) is 0 Å². The molecule has 3 unspecified atom stereocenters. The molecule has 1 fully saturated rings. The van der Waals surface area contributed by atoms with Gasteiger partial charge in [0.15, 0.2) is 0 Å². The molecule has 1 rings (SSSR count). The van der Waals surface area contributed by atoms with Crippen molar-refractivity contribution in [2.24, 2.45) is 23.0 Å². The third-order valence-corrected chi connectivity index (χ3v) is 5.53. The number of nitrogens with zero attached hydrogens (tertiary/aromatic N) is 1. The van der Waals surface area contributed by atoms with Crippen LogP contribution < -0.4 is 11.1 Å². The topological polar surface area (TPSA) is 58.4 Å². The van der Waals surface area contributed by atoms with Gasteiger partial charge in [-0.25, -0.2) is 0 Å². The minimum Gasteiger partial charge on any atom is -0.355 e. The monoisotopic (exact) mass is 297 g/mol. The number of carbonyl (C=O) groups excluding carboxylic acids is 1. The number of amides is 1. The van der Waals surface area contributed by atoms with Crippen LogP contribution in [0.5, 0.6) is 0 Å². The highest BCUT2D eigenvalue weighted by atomic mass is 16.1. The SMILES string of the molecule is CCCN(CC)CCNC(=O)C1CCC(N)C(C)C1(C)C. The van der Waals surface area contributed by atoms with Crippen molar-refractivity contribution < 1.29 is 4.79 Å². The number of hydrogen-bond acceptors (Lipinski definition) is 3. The van der Waals surface area contributed by atoms with Crippen LogP contribution in [-0.4, -0.2) is 43.0 Å². The third kappa shape index (κ3) is 4.68. The van der Waals surface area contributed by atoms with E-state index in [0.29, 0.717) is 5.92 Å². The van der Waals surface area contributed by atoms with Crippen molar-refractivity contribution in [2.75, 3.05) is 26.2 Å². The Morgan fingerprint density at radius 1 is 1.29 bits per heavy atom. The summed E-state index contributed by atoms with van der Waals surface area (Å²) in [5.41, 5.74) is 6.15. The Morgan fingerprint density at radius 2 is 1.95 bits per heavy atom. The molecule has 0 aromatic heterocycles. The van der Waals surface area contributed by atoms with Crippen molar-refractivity contribution in [3.63, 3.8) is 0 Å². The van der Waals surface area contributed by atoms with E-state index in [1.54, 1.807) is 0 Å². The fourth-order valence-corrected chi connectivity index (χ4v) is 3.52. The number of nitrogens with two attached hydrogens (primary N) is 1. The van der Waals surface area contributed by atoms with Gasteiger partial charge < -0.3 is 16.0 Å². The second kappa shape index (κ2) is 8.14. The van der Waals surface area contributed by atoms with Gasteiger partial charge in [0.25, 0.3) is 0 Å². The molecular weight excluding hydrogens is 262 g/mol. The van der Waals surface area contributed by atoms with E-state index < -0.39 is 0 Å². The molecule has 0 aromatic rings. The maximum atomic E-state index is 12.5. The molecule has 3 N–H and O–H groups in total. The van der Waals surface area contributed by atoms with Crippen LogP contribution in [0.25, 0.3) is 0 Å². The molecule has 1 aliphatic carbocycles. The molecule has 1 amide bonds. The molecule has 0 spiro atoms. The Kier molecular flexibility index (Phi) is 7.14. The molecular formula is C17H35N3O. The first kappa shape index (κ1) is 18.4. The Morgan fingerprint density at radius 3 is 2.52 bits per heavy atom. The van der Waals surface area contributed by atoms with Crippen molar-refractivity contribution >= 4 is 5.91 Å². The molecule has 1 saturated carbocycles. The lowest BCUT2D eigenvalue weighted by molar-refractivity contribution is -0.132. The zero-order chi connectivity index (χ0) is 16.0. The van der Waals surface area contributed by atoms with Gasteiger partial charge in [0, 0.05) is 25.0 Å². The van der Waals surface area contributed by atoms with Crippen LogP contribution in [0.2, 0.25) is 0 Å². The first-order valence-electron chi connectivity index (χ1n) is 8.60. The molecule has 0 aromatic carbocycles. The fraction of sp³-hybridized carbons (Fsp3) is 0.941. The van der Waals surface area contributed by atoms with Gasteiger partial charge in [0.05, 0.1) is 0 Å². The third-order valence-electron chi connectivity index (χ3n) is 5.53. The first-order valence-corrected chi connectivity index (χ1v) is 8.60. The summed E-state index contributed by atoms with van der Waals surface area (Å²) >= 11 is 0. The van der Waals surface area contributed by atoms with Crippen LogP contribution in [0.4, 0.5) is 0 Å². The molecule has 1 aliphatic rings. The van der Waals surface area contributed by atoms with Gasteiger partial charge in [-0.2, -0.15) is 0 Å². The van der Waals surface area contributed by atoms with E-state index in [2.05, 4.69) is 44.8 Å². The maximum Gasteiger partial charge on any atom is 0.223 e. The highest BCUT2D eigenvalue weighted by Gasteiger charge is 2.44. The second-order valence-electron chi connectivity index (χ2n) is 7.13. The number of likely N-dealkylation sites (N-methyl/N-ethyl adjacent to an activating group) is 1. The zero-order valence-electron chi connectivity index (χ0n) is 14.6. The van der Waals surface area contributed by atoms with E-state index in [1.165, 1.54) is 0 Å². The first-order chi connectivity index (χ1) is 9.84. The smallest absolute Gasteiger partial charge is 0.223 e. The van der Waals surface area contributed by atoms with Crippen molar-refractivity contribution in [3.05, 3.63) is 0 Å². The zero-order valence-corrected chi connectivity index (χ0v) is 14.6. The van der Waals surface area contributed by atoms with E-state index in [1.807, 2.05) is 0 Å². The molecule has 124 valence electrons. The van der Waals surface area contributed by atoms with Crippen molar-refractivity contribution in [1.29, 1.82) is 0 Å². The van der Waals surface area contributed by atoms with Gasteiger partial charge in [-0.1, -0.05) is 34.6 Å². The summed E-state index contributed by atoms with van der Waals surface area (Å²) in [6, 6.07) is 0.226. The van der Waals surface area contributed by atoms with E-state index in [9.17, 15) is 4.79 Å². The van der Waals surface area contributed by atoms with Gasteiger partial charge >= 0.3 is 0 Å². The van der Waals surface area contributed by atoms with Gasteiger partial charge in [0.1, 0.15) is 0 Å². The van der Waals surface area contributed by atoms with E-state index in [-0.39, 0.29) is 23.3 Å². The normalized spacial score (nSPS) is 28.6. The van der Waals surface area contributed by atoms with Crippen LogP contribution >= 0.6 is 0 Å². The lowest BCUT2D eigenvalue weighted by atomic mass is 9.61. The number of hydrogen-bond donors (Lipinski definition) is 2. The average Bonchev–Trinajstić information content (AvgIpc) is 2.43. The van der Waals surface area contributed by atoms with Crippen LogP contribution in [0, 0.1) is 17.3 Å². The van der Waals surface area contributed by atoms with Crippen LogP contribution in [-0.2, 0) is 4.79 Å². The molecule has 4 heteroatoms. The number of rotatable bonds is 7. The predicted octanol–water partition coefficient (Wildman–Crippen LogP) is 2.23. The fourth-order valence-electron chi connectivity index (χ4n) is 3.52. The standard InChI is InChI=1S/C17H35N3O/c1-6-11-20(7-2)12-10-19-16(21)14-8-9-15(18)13(3)17(14,4)5/h13-15H,6-12,18H2,1-5H3,(H,19,21). The Bertz CT molecular complexity index is 330. The molecule has 0 aliphatic heterocycles. The quantitative estimate of drug-likeness (QED) is 0.757. The van der Waals surface area contributed by atoms with E-state index >= 15 is 0 Å². The van der Waals surface area contributed by atoms with Gasteiger partial charge in [0.2, 0.25) is 5.91 Å². The lowest BCUT2D eigenvalue weighted by Gasteiger charge is -2.46. The lowest BCUT2D eigenvalue weighted by Crippen LogP contribution is -2.52. The van der Waals surface area contributed by atoms with Gasteiger partial charge in [-0.3, -0.25) is 4.79 Å². The summed E-state index contributed by atoms with van der Waals surface area (Å²) in [4.78, 5) is 14.9. The van der Waals surface area contributed by atoms with E-state index in [4.69, 9.17) is 5.73 Å². The predicted molar refractivity (Wildman–Crippen MR) is 89.1 cm³/mol. The van der Waals surface area contributed by atoms with Crippen molar-refractivity contribution in [3.8, 4) is 0 Å². The molecule has 21 heavy (non-hydrogen) atoms. The Balaban J connectivity index is 2.48. The number of carbonyl (C=O) groups is 1. The molecule has 3 atom stereocenters. The highest BCUT2D eigenvalue weighted by molar-refractivity contribution is 5.79. The number of nitrogens with one attached hydrogen (secondary N) is 1. The minimum atomic E-state index is -0.0182. The molecule has 0 heterocycles. The summed E-state index contributed by atoms with van der Waals surface area (Å²) < 4.78 is 0. The molecule has 4 nitrogen and oxygen atoms in total. The van der Waals surface area contributed by atoms with Crippen molar-refractivity contribution in [1.82, 2.24) is 10.2 Å². The van der Waals surface area contributed by atoms with Crippen molar-refractivity contribution in [2.45, 2.75) is 59.9 Å². The van der Waals surface area contributed by atoms with Crippen LogP contribution in [0.15, 0.2) is 0 Å². The Hall–Kier alpha value is -0.610. The maximum absolute atomic E-state index is 12.5. The molecule has 0 saturated heterocycles. The highest BCUT2D eigenvalue weighted by Crippen LogP contribution is 2.44. The van der Waals surface area contributed by atoms with Crippen LogP contribution in [0.1, 0.15) is 53.9 Å². The molecule has 0 bridgehead atoms. The summed E-state index contributed by atoms with van der Waals surface area (Å²) in [6.45, 7) is 14.8. The van der Waals surface area contributed by atoms with Gasteiger partial charge in [-0.05, 0) is 43.7 Å². The molecule has 0 radical (unpaired) electrons. The summed E-state index contributed by atoms with van der Waals surface area (Å²) in [6.07, 6.45) is 3.03.